The van der Waals surface area contributed by atoms with Gasteiger partial charge in [0.15, 0.2) is 0 Å². The number of carbonyl (C=O) groups excluding carboxylic acids is 3. The summed E-state index contributed by atoms with van der Waals surface area (Å²) >= 11 is 0. The normalized spacial score (nSPS) is 16.8. The highest BCUT2D eigenvalue weighted by Crippen LogP contribution is 2.23. The third-order valence-electron chi connectivity index (χ3n) is 5.62. The maximum atomic E-state index is 13.2. The third kappa shape index (κ3) is 6.82. The van der Waals surface area contributed by atoms with Crippen LogP contribution in [0.2, 0.25) is 0 Å². The molecule has 2 N–H and O–H groups in total. The monoisotopic (exact) mass is 419 g/mol. The molecule has 0 radical (unpaired) electrons. The van der Waals surface area contributed by atoms with Crippen molar-refractivity contribution in [1.82, 2.24) is 15.5 Å². The number of nitrogens with one attached hydrogen (secondary N) is 2. The highest BCUT2D eigenvalue weighted by atomic mass is 19.1. The van der Waals surface area contributed by atoms with Crippen molar-refractivity contribution in [3.63, 3.8) is 0 Å². The second-order valence-corrected chi connectivity index (χ2v) is 8.59. The van der Waals surface area contributed by atoms with Crippen LogP contribution in [-0.2, 0) is 9.59 Å². The van der Waals surface area contributed by atoms with Crippen LogP contribution in [0.5, 0.6) is 0 Å². The van der Waals surface area contributed by atoms with Crippen molar-refractivity contribution in [3.8, 4) is 0 Å². The molecule has 0 bridgehead atoms. The van der Waals surface area contributed by atoms with Gasteiger partial charge in [-0.05, 0) is 62.3 Å². The number of amides is 3. The second-order valence-electron chi connectivity index (χ2n) is 8.59. The van der Waals surface area contributed by atoms with Crippen LogP contribution in [-0.4, -0.2) is 47.8 Å². The summed E-state index contributed by atoms with van der Waals surface area (Å²) < 4.78 is 13.2. The van der Waals surface area contributed by atoms with E-state index in [2.05, 4.69) is 10.6 Å². The van der Waals surface area contributed by atoms with Crippen LogP contribution in [0.3, 0.4) is 0 Å². The Labute approximate surface area is 178 Å². The molecule has 30 heavy (non-hydrogen) atoms. The molecule has 2 rings (SSSR count). The Morgan fingerprint density at radius 1 is 1.07 bits per heavy atom. The first-order valence-electron chi connectivity index (χ1n) is 10.9. The second kappa shape index (κ2) is 11.1. The lowest BCUT2D eigenvalue weighted by Gasteiger charge is -2.36. The Balaban J connectivity index is 2.08. The predicted molar refractivity (Wildman–Crippen MR) is 114 cm³/mol. The first-order chi connectivity index (χ1) is 14.2. The maximum Gasteiger partial charge on any atom is 0.251 e. The molecule has 1 aromatic rings. The molecule has 2 atom stereocenters. The van der Waals surface area contributed by atoms with Crippen LogP contribution in [0.1, 0.15) is 63.7 Å². The molecule has 1 fully saturated rings. The molecular formula is C23H34FN3O3. The fourth-order valence-electron chi connectivity index (χ4n) is 3.62. The number of hydrogen-bond donors (Lipinski definition) is 2. The number of likely N-dealkylation sites (tertiary alicyclic amines) is 1. The van der Waals surface area contributed by atoms with Gasteiger partial charge in [0.1, 0.15) is 11.9 Å². The van der Waals surface area contributed by atoms with E-state index < -0.39 is 17.8 Å². The van der Waals surface area contributed by atoms with Crippen molar-refractivity contribution in [2.45, 2.75) is 65.5 Å². The summed E-state index contributed by atoms with van der Waals surface area (Å²) in [6.07, 6.45) is 2.59. The number of halogens is 1. The average molecular weight is 420 g/mol. The number of piperidine rings is 1. The van der Waals surface area contributed by atoms with Gasteiger partial charge < -0.3 is 15.5 Å². The van der Waals surface area contributed by atoms with Gasteiger partial charge in [0, 0.05) is 31.1 Å². The van der Waals surface area contributed by atoms with E-state index in [4.69, 9.17) is 0 Å². The van der Waals surface area contributed by atoms with E-state index >= 15 is 0 Å². The Hall–Kier alpha value is -2.44. The zero-order valence-corrected chi connectivity index (χ0v) is 18.4. The summed E-state index contributed by atoms with van der Waals surface area (Å²) in [5.74, 6) is -0.666. The lowest BCUT2D eigenvalue weighted by Crippen LogP contribution is -2.55. The van der Waals surface area contributed by atoms with Gasteiger partial charge in [-0.2, -0.15) is 0 Å². The van der Waals surface area contributed by atoms with Crippen molar-refractivity contribution in [3.05, 3.63) is 35.6 Å². The number of hydrogen-bond acceptors (Lipinski definition) is 3. The van der Waals surface area contributed by atoms with Crippen LogP contribution < -0.4 is 10.6 Å². The summed E-state index contributed by atoms with van der Waals surface area (Å²) in [6, 6.07) is 4.56. The Kier molecular flexibility index (Phi) is 8.81. The molecule has 1 aliphatic heterocycles. The van der Waals surface area contributed by atoms with E-state index in [9.17, 15) is 18.8 Å². The topological polar surface area (TPSA) is 78.5 Å². The highest BCUT2D eigenvalue weighted by molar-refractivity contribution is 5.97. The highest BCUT2D eigenvalue weighted by Gasteiger charge is 2.34. The van der Waals surface area contributed by atoms with Gasteiger partial charge in [0.25, 0.3) is 5.91 Å². The smallest absolute Gasteiger partial charge is 0.251 e. The zero-order valence-electron chi connectivity index (χ0n) is 18.4. The molecule has 0 spiro atoms. The van der Waals surface area contributed by atoms with Gasteiger partial charge in [-0.3, -0.25) is 14.4 Å². The fourth-order valence-corrected chi connectivity index (χ4v) is 3.62. The largest absolute Gasteiger partial charge is 0.352 e. The van der Waals surface area contributed by atoms with Crippen molar-refractivity contribution in [1.29, 1.82) is 0 Å². The van der Waals surface area contributed by atoms with Crippen LogP contribution in [0.4, 0.5) is 4.39 Å². The predicted octanol–water partition coefficient (Wildman–Crippen LogP) is 3.12. The van der Waals surface area contributed by atoms with Gasteiger partial charge in [0.05, 0.1) is 0 Å². The summed E-state index contributed by atoms with van der Waals surface area (Å²) in [4.78, 5) is 39.8. The molecule has 3 amide bonds. The van der Waals surface area contributed by atoms with Crippen molar-refractivity contribution < 1.29 is 18.8 Å². The molecule has 1 aliphatic rings. The van der Waals surface area contributed by atoms with Gasteiger partial charge >= 0.3 is 0 Å². The Morgan fingerprint density at radius 3 is 2.20 bits per heavy atom. The fraction of sp³-hybridized carbons (Fsp3) is 0.609. The molecule has 1 aromatic carbocycles. The average Bonchev–Trinajstić information content (AvgIpc) is 2.71. The summed E-state index contributed by atoms with van der Waals surface area (Å²) in [6.45, 7) is 9.10. The van der Waals surface area contributed by atoms with Crippen molar-refractivity contribution in [2.75, 3.05) is 13.1 Å². The quantitative estimate of drug-likeness (QED) is 0.680. The van der Waals surface area contributed by atoms with E-state index in [-0.39, 0.29) is 23.8 Å². The van der Waals surface area contributed by atoms with Crippen LogP contribution in [0.25, 0.3) is 0 Å². The van der Waals surface area contributed by atoms with Gasteiger partial charge in [-0.1, -0.05) is 20.8 Å². The van der Waals surface area contributed by atoms with Crippen LogP contribution >= 0.6 is 0 Å². The van der Waals surface area contributed by atoms with Crippen molar-refractivity contribution in [2.24, 2.45) is 11.8 Å². The van der Waals surface area contributed by atoms with Crippen molar-refractivity contribution >= 4 is 17.7 Å². The molecule has 6 nitrogen and oxygen atoms in total. The van der Waals surface area contributed by atoms with E-state index in [1.54, 1.807) is 0 Å². The molecule has 7 heteroatoms. The lowest BCUT2D eigenvalue weighted by atomic mass is 9.88. The number of rotatable bonds is 8. The van der Waals surface area contributed by atoms with Crippen LogP contribution in [0.15, 0.2) is 24.3 Å². The first-order valence-corrected chi connectivity index (χ1v) is 10.9. The summed E-state index contributed by atoms with van der Waals surface area (Å²) in [7, 11) is 0. The lowest BCUT2D eigenvalue weighted by molar-refractivity contribution is -0.133. The van der Waals surface area contributed by atoms with Gasteiger partial charge in [-0.25, -0.2) is 4.39 Å². The molecule has 0 unspecified atom stereocenters. The molecule has 1 saturated heterocycles. The number of carbonyl (C=O) groups is 3. The molecule has 1 heterocycles. The minimum absolute atomic E-state index is 0.00423. The standard InChI is InChI=1S/C23H34FN3O3/c1-5-16(4)25-23(30)21(26-22(29)18-6-8-19(24)9-7-18)17-10-12-27(13-11-17)20(28)14-15(2)3/h6-9,15-17,21H,5,10-14H2,1-4H3,(H,25,30)(H,26,29)/t16-,21+/m1/s1. The zero-order chi connectivity index (χ0) is 22.3. The Bertz CT molecular complexity index is 728. The SMILES string of the molecule is CC[C@@H](C)NC(=O)[C@@H](NC(=O)c1ccc(F)cc1)C1CCN(C(=O)CC(C)C)CC1. The van der Waals surface area contributed by atoms with E-state index in [1.165, 1.54) is 24.3 Å². The molecule has 166 valence electrons. The van der Waals surface area contributed by atoms with Gasteiger partial charge in [-0.15, -0.1) is 0 Å². The minimum Gasteiger partial charge on any atom is -0.352 e. The summed E-state index contributed by atoms with van der Waals surface area (Å²) in [5.41, 5.74) is 0.308. The van der Waals surface area contributed by atoms with Gasteiger partial charge in [0.2, 0.25) is 11.8 Å². The van der Waals surface area contributed by atoms with E-state index in [0.717, 1.165) is 6.42 Å². The van der Waals surface area contributed by atoms with Crippen LogP contribution in [0, 0.1) is 17.7 Å². The molecule has 0 aliphatic carbocycles. The van der Waals surface area contributed by atoms with E-state index in [1.807, 2.05) is 32.6 Å². The maximum absolute atomic E-state index is 13.2. The molecule has 0 saturated carbocycles. The number of benzene rings is 1. The molecular weight excluding hydrogens is 385 g/mol. The first kappa shape index (κ1) is 23.8. The minimum atomic E-state index is -0.695. The van der Waals surface area contributed by atoms with E-state index in [0.29, 0.717) is 43.8 Å². The summed E-state index contributed by atoms with van der Waals surface area (Å²) in [5, 5.41) is 5.81. The Morgan fingerprint density at radius 2 is 1.67 bits per heavy atom. The number of nitrogens with zero attached hydrogens (tertiary/aromatic N) is 1. The molecule has 0 aromatic heterocycles. The third-order valence-corrected chi connectivity index (χ3v) is 5.62.